The van der Waals surface area contributed by atoms with Gasteiger partial charge in [-0.1, -0.05) is 13.8 Å². The Morgan fingerprint density at radius 2 is 1.95 bits per heavy atom. The smallest absolute Gasteiger partial charge is 0.227 e. The normalized spacial score (nSPS) is 16.8. The minimum absolute atomic E-state index is 0.206. The van der Waals surface area contributed by atoms with E-state index in [0.717, 1.165) is 49.4 Å². The third kappa shape index (κ3) is 3.84. The fourth-order valence-electron chi connectivity index (χ4n) is 2.93. The van der Waals surface area contributed by atoms with E-state index in [-0.39, 0.29) is 11.9 Å². The number of amides is 1. The molecule has 1 aliphatic heterocycles. The predicted molar refractivity (Wildman–Crippen MR) is 84.0 cm³/mol. The number of aromatic nitrogens is 2. The molecule has 1 aromatic heterocycles. The third-order valence-electron chi connectivity index (χ3n) is 4.29. The molecule has 0 spiro atoms. The Bertz CT molecular complexity index is 499. The third-order valence-corrected chi connectivity index (χ3v) is 4.29. The van der Waals surface area contributed by atoms with Gasteiger partial charge >= 0.3 is 0 Å². The Kier molecular flexibility index (Phi) is 5.04. The van der Waals surface area contributed by atoms with Gasteiger partial charge in [-0.25, -0.2) is 0 Å². The quantitative estimate of drug-likeness (QED) is 0.917. The van der Waals surface area contributed by atoms with E-state index in [2.05, 4.69) is 25.9 Å². The molecule has 2 heterocycles. The molecule has 2 rings (SSSR count). The highest BCUT2D eigenvalue weighted by Gasteiger charge is 2.23. The summed E-state index contributed by atoms with van der Waals surface area (Å²) >= 11 is 0. The molecule has 5 nitrogen and oxygen atoms in total. The number of likely N-dealkylation sites (tertiary alicyclic amines) is 1. The van der Waals surface area contributed by atoms with Crippen molar-refractivity contribution in [2.24, 2.45) is 11.7 Å². The van der Waals surface area contributed by atoms with Gasteiger partial charge in [-0.2, -0.15) is 5.10 Å². The Morgan fingerprint density at radius 1 is 1.33 bits per heavy atom. The Labute approximate surface area is 127 Å². The van der Waals surface area contributed by atoms with E-state index in [1.807, 2.05) is 16.5 Å². The highest BCUT2D eigenvalue weighted by Crippen LogP contribution is 2.17. The zero-order valence-electron chi connectivity index (χ0n) is 13.7. The van der Waals surface area contributed by atoms with E-state index in [0.29, 0.717) is 12.3 Å². The first-order valence-corrected chi connectivity index (χ1v) is 7.94. The molecule has 0 unspecified atom stereocenters. The first-order chi connectivity index (χ1) is 9.88. The van der Waals surface area contributed by atoms with Crippen LogP contribution in [-0.2, 0) is 17.8 Å². The summed E-state index contributed by atoms with van der Waals surface area (Å²) in [5.74, 6) is 0.757. The molecule has 0 saturated carbocycles. The molecule has 0 aromatic carbocycles. The van der Waals surface area contributed by atoms with Crippen molar-refractivity contribution in [1.82, 2.24) is 14.7 Å². The molecule has 0 radical (unpaired) electrons. The number of carbonyl (C=O) groups is 1. The van der Waals surface area contributed by atoms with Crippen molar-refractivity contribution in [2.75, 3.05) is 13.1 Å². The van der Waals surface area contributed by atoms with Crippen LogP contribution in [0.15, 0.2) is 0 Å². The molecule has 1 amide bonds. The van der Waals surface area contributed by atoms with Gasteiger partial charge in [-0.15, -0.1) is 0 Å². The zero-order valence-corrected chi connectivity index (χ0v) is 13.7. The monoisotopic (exact) mass is 292 g/mol. The van der Waals surface area contributed by atoms with E-state index < -0.39 is 0 Å². The molecule has 1 saturated heterocycles. The fourth-order valence-corrected chi connectivity index (χ4v) is 2.93. The van der Waals surface area contributed by atoms with E-state index in [1.165, 1.54) is 0 Å². The van der Waals surface area contributed by atoms with Crippen molar-refractivity contribution in [3.8, 4) is 0 Å². The highest BCUT2D eigenvalue weighted by atomic mass is 16.2. The lowest BCUT2D eigenvalue weighted by atomic mass is 10.0. The number of rotatable bonds is 4. The molecular weight excluding hydrogens is 264 g/mol. The molecule has 5 heteroatoms. The maximum absolute atomic E-state index is 12.5. The van der Waals surface area contributed by atoms with Crippen LogP contribution in [0, 0.1) is 19.8 Å². The number of nitrogens with two attached hydrogens (primary N) is 1. The molecule has 21 heavy (non-hydrogen) atoms. The van der Waals surface area contributed by atoms with Crippen LogP contribution in [0.4, 0.5) is 0 Å². The molecule has 0 aliphatic carbocycles. The lowest BCUT2D eigenvalue weighted by Gasteiger charge is -2.30. The van der Waals surface area contributed by atoms with Crippen LogP contribution in [0.3, 0.4) is 0 Å². The SMILES string of the molecule is Cc1nn(CC(C)C)c(C)c1CC(=O)N1CCC(N)CC1. The van der Waals surface area contributed by atoms with Crippen molar-refractivity contribution in [3.63, 3.8) is 0 Å². The van der Waals surface area contributed by atoms with Crippen molar-refractivity contribution >= 4 is 5.91 Å². The van der Waals surface area contributed by atoms with Gasteiger partial charge in [0, 0.05) is 36.9 Å². The zero-order chi connectivity index (χ0) is 15.6. The first-order valence-electron chi connectivity index (χ1n) is 7.94. The molecular formula is C16H28N4O. The summed E-state index contributed by atoms with van der Waals surface area (Å²) in [5, 5.41) is 4.59. The second kappa shape index (κ2) is 6.60. The van der Waals surface area contributed by atoms with Crippen LogP contribution in [-0.4, -0.2) is 39.7 Å². The Balaban J connectivity index is 2.05. The minimum Gasteiger partial charge on any atom is -0.342 e. The summed E-state index contributed by atoms with van der Waals surface area (Å²) in [6, 6.07) is 0.256. The molecule has 2 N–H and O–H groups in total. The molecule has 118 valence electrons. The van der Waals surface area contributed by atoms with Gasteiger partial charge in [0.05, 0.1) is 12.1 Å². The van der Waals surface area contributed by atoms with Crippen molar-refractivity contribution in [1.29, 1.82) is 0 Å². The second-order valence-electron chi connectivity index (χ2n) is 6.62. The predicted octanol–water partition coefficient (Wildman–Crippen LogP) is 1.65. The van der Waals surface area contributed by atoms with Crippen molar-refractivity contribution in [2.45, 2.75) is 59.5 Å². The van der Waals surface area contributed by atoms with Crippen LogP contribution in [0.2, 0.25) is 0 Å². The van der Waals surface area contributed by atoms with Crippen LogP contribution in [0.1, 0.15) is 43.6 Å². The van der Waals surface area contributed by atoms with Gasteiger partial charge < -0.3 is 10.6 Å². The Morgan fingerprint density at radius 3 is 2.52 bits per heavy atom. The molecule has 1 aliphatic rings. The van der Waals surface area contributed by atoms with E-state index in [9.17, 15) is 4.79 Å². The number of hydrogen-bond donors (Lipinski definition) is 1. The fraction of sp³-hybridized carbons (Fsp3) is 0.750. The number of piperidine rings is 1. The van der Waals surface area contributed by atoms with Gasteiger partial charge in [-0.05, 0) is 32.6 Å². The molecule has 0 bridgehead atoms. The van der Waals surface area contributed by atoms with Crippen LogP contribution in [0.5, 0.6) is 0 Å². The number of hydrogen-bond acceptors (Lipinski definition) is 3. The van der Waals surface area contributed by atoms with E-state index in [4.69, 9.17) is 5.73 Å². The maximum Gasteiger partial charge on any atom is 0.227 e. The van der Waals surface area contributed by atoms with Gasteiger partial charge in [-0.3, -0.25) is 9.48 Å². The molecule has 0 atom stereocenters. The largest absolute Gasteiger partial charge is 0.342 e. The molecule has 1 aromatic rings. The lowest BCUT2D eigenvalue weighted by molar-refractivity contribution is -0.131. The second-order valence-corrected chi connectivity index (χ2v) is 6.62. The summed E-state index contributed by atoms with van der Waals surface area (Å²) in [7, 11) is 0. The number of nitrogens with zero attached hydrogens (tertiary/aromatic N) is 3. The summed E-state index contributed by atoms with van der Waals surface area (Å²) in [6.07, 6.45) is 2.29. The average molecular weight is 292 g/mol. The van der Waals surface area contributed by atoms with Crippen LogP contribution >= 0.6 is 0 Å². The van der Waals surface area contributed by atoms with Gasteiger partial charge in [0.15, 0.2) is 0 Å². The first kappa shape index (κ1) is 16.0. The summed E-state index contributed by atoms with van der Waals surface area (Å²) < 4.78 is 2.04. The van der Waals surface area contributed by atoms with Gasteiger partial charge in [0.2, 0.25) is 5.91 Å². The average Bonchev–Trinajstić information content (AvgIpc) is 2.66. The highest BCUT2D eigenvalue weighted by molar-refractivity contribution is 5.79. The summed E-state index contributed by atoms with van der Waals surface area (Å²) in [4.78, 5) is 14.4. The minimum atomic E-state index is 0.206. The standard InChI is InChI=1S/C16H28N4O/c1-11(2)10-20-13(4)15(12(3)18-20)9-16(21)19-7-5-14(17)6-8-19/h11,14H,5-10,17H2,1-4H3. The maximum atomic E-state index is 12.5. The molecule has 1 fully saturated rings. The van der Waals surface area contributed by atoms with E-state index in [1.54, 1.807) is 0 Å². The summed E-state index contributed by atoms with van der Waals surface area (Å²) in [5.41, 5.74) is 9.10. The topological polar surface area (TPSA) is 64.2 Å². The van der Waals surface area contributed by atoms with Crippen molar-refractivity contribution < 1.29 is 4.79 Å². The Hall–Kier alpha value is -1.36. The van der Waals surface area contributed by atoms with E-state index >= 15 is 0 Å². The van der Waals surface area contributed by atoms with Crippen LogP contribution in [0.25, 0.3) is 0 Å². The summed E-state index contributed by atoms with van der Waals surface area (Å²) in [6.45, 7) is 10.9. The number of carbonyl (C=O) groups excluding carboxylic acids is 1. The lowest BCUT2D eigenvalue weighted by Crippen LogP contribution is -2.43. The van der Waals surface area contributed by atoms with Gasteiger partial charge in [0.1, 0.15) is 0 Å². The van der Waals surface area contributed by atoms with Crippen LogP contribution < -0.4 is 5.73 Å². The number of aryl methyl sites for hydroxylation is 1. The van der Waals surface area contributed by atoms with Gasteiger partial charge in [0.25, 0.3) is 0 Å². The van der Waals surface area contributed by atoms with Crippen molar-refractivity contribution in [3.05, 3.63) is 17.0 Å².